The summed E-state index contributed by atoms with van der Waals surface area (Å²) in [5, 5.41) is 3.05. The van der Waals surface area contributed by atoms with E-state index in [2.05, 4.69) is 43.4 Å². The zero-order chi connectivity index (χ0) is 19.1. The quantitative estimate of drug-likeness (QED) is 0.711. The van der Waals surface area contributed by atoms with Crippen LogP contribution >= 0.6 is 0 Å². The van der Waals surface area contributed by atoms with Crippen LogP contribution in [-0.4, -0.2) is 25.7 Å². The molecule has 4 nitrogen and oxygen atoms in total. The number of ether oxygens (including phenoxy) is 2. The maximum Gasteiger partial charge on any atom is 0.220 e. The highest BCUT2D eigenvalue weighted by Gasteiger charge is 2.19. The molecule has 0 saturated heterocycles. The molecule has 0 aromatic heterocycles. The van der Waals surface area contributed by atoms with Crippen LogP contribution in [0.1, 0.15) is 36.0 Å². The van der Waals surface area contributed by atoms with Gasteiger partial charge in [-0.25, -0.2) is 0 Å². The molecule has 1 N–H and O–H groups in total. The number of nitrogens with one attached hydrogen (secondary N) is 1. The SMILES string of the molecule is Cc1ccc(C)c(OCCCCC(=O)NCC2COc3ccccc3C2)c1. The van der Waals surface area contributed by atoms with Crippen molar-refractivity contribution >= 4 is 5.91 Å². The lowest BCUT2D eigenvalue weighted by molar-refractivity contribution is -0.121. The van der Waals surface area contributed by atoms with Crippen molar-refractivity contribution in [1.29, 1.82) is 0 Å². The van der Waals surface area contributed by atoms with Crippen molar-refractivity contribution < 1.29 is 14.3 Å². The second-order valence-corrected chi connectivity index (χ2v) is 7.37. The highest BCUT2D eigenvalue weighted by Crippen LogP contribution is 2.26. The molecule has 1 aliphatic heterocycles. The number of unbranched alkanes of at least 4 members (excludes halogenated alkanes) is 1. The number of hydrogen-bond donors (Lipinski definition) is 1. The third-order valence-corrected chi connectivity index (χ3v) is 4.94. The van der Waals surface area contributed by atoms with Gasteiger partial charge in [0.1, 0.15) is 11.5 Å². The maximum absolute atomic E-state index is 12.1. The average molecular weight is 367 g/mol. The molecule has 0 radical (unpaired) electrons. The van der Waals surface area contributed by atoms with Crippen molar-refractivity contribution in [3.63, 3.8) is 0 Å². The van der Waals surface area contributed by atoms with Crippen LogP contribution in [0.15, 0.2) is 42.5 Å². The molecule has 144 valence electrons. The van der Waals surface area contributed by atoms with Gasteiger partial charge in [0.25, 0.3) is 0 Å². The molecule has 27 heavy (non-hydrogen) atoms. The summed E-state index contributed by atoms with van der Waals surface area (Å²) in [5.41, 5.74) is 3.57. The average Bonchev–Trinajstić information content (AvgIpc) is 2.68. The van der Waals surface area contributed by atoms with Crippen molar-refractivity contribution in [2.24, 2.45) is 5.92 Å². The smallest absolute Gasteiger partial charge is 0.220 e. The van der Waals surface area contributed by atoms with Crippen LogP contribution in [0.5, 0.6) is 11.5 Å². The topological polar surface area (TPSA) is 47.6 Å². The van der Waals surface area contributed by atoms with E-state index >= 15 is 0 Å². The minimum atomic E-state index is 0.112. The van der Waals surface area contributed by atoms with Gasteiger partial charge in [-0.2, -0.15) is 0 Å². The zero-order valence-corrected chi connectivity index (χ0v) is 16.3. The summed E-state index contributed by atoms with van der Waals surface area (Å²) in [6, 6.07) is 14.3. The Balaban J connectivity index is 1.30. The number of fused-ring (bicyclic) bond motifs is 1. The van der Waals surface area contributed by atoms with Gasteiger partial charge in [-0.3, -0.25) is 4.79 Å². The minimum Gasteiger partial charge on any atom is -0.493 e. The number of hydrogen-bond acceptors (Lipinski definition) is 3. The number of para-hydroxylation sites is 1. The Morgan fingerprint density at radius 2 is 2.04 bits per heavy atom. The summed E-state index contributed by atoms with van der Waals surface area (Å²) in [7, 11) is 0. The summed E-state index contributed by atoms with van der Waals surface area (Å²) in [5.74, 6) is 2.37. The summed E-state index contributed by atoms with van der Waals surface area (Å²) in [4.78, 5) is 12.1. The van der Waals surface area contributed by atoms with Crippen LogP contribution < -0.4 is 14.8 Å². The molecule has 4 heteroatoms. The van der Waals surface area contributed by atoms with Crippen molar-refractivity contribution in [1.82, 2.24) is 5.32 Å². The highest BCUT2D eigenvalue weighted by atomic mass is 16.5. The third-order valence-electron chi connectivity index (χ3n) is 4.94. The molecule has 2 aromatic carbocycles. The van der Waals surface area contributed by atoms with Gasteiger partial charge in [0.15, 0.2) is 0 Å². The summed E-state index contributed by atoms with van der Waals surface area (Å²) in [6.45, 7) is 6.10. The molecule has 0 aliphatic carbocycles. The molecule has 1 heterocycles. The molecule has 2 aromatic rings. The Kier molecular flexibility index (Phi) is 6.74. The Morgan fingerprint density at radius 1 is 1.19 bits per heavy atom. The second kappa shape index (κ2) is 9.45. The van der Waals surface area contributed by atoms with Gasteiger partial charge in [-0.15, -0.1) is 0 Å². The fourth-order valence-corrected chi connectivity index (χ4v) is 3.30. The Bertz CT molecular complexity index is 772. The first-order valence-corrected chi connectivity index (χ1v) is 9.79. The molecular weight excluding hydrogens is 338 g/mol. The van der Waals surface area contributed by atoms with Gasteiger partial charge in [0.05, 0.1) is 13.2 Å². The van der Waals surface area contributed by atoms with Gasteiger partial charge in [-0.1, -0.05) is 30.3 Å². The van der Waals surface area contributed by atoms with Gasteiger partial charge in [0, 0.05) is 18.9 Å². The molecule has 0 spiro atoms. The molecule has 0 fully saturated rings. The van der Waals surface area contributed by atoms with E-state index in [1.807, 2.05) is 18.2 Å². The van der Waals surface area contributed by atoms with E-state index in [9.17, 15) is 4.79 Å². The lowest BCUT2D eigenvalue weighted by Gasteiger charge is -2.25. The van der Waals surface area contributed by atoms with Crippen molar-refractivity contribution in [3.8, 4) is 11.5 Å². The molecule has 3 rings (SSSR count). The van der Waals surface area contributed by atoms with E-state index in [1.165, 1.54) is 11.1 Å². The van der Waals surface area contributed by atoms with Crippen molar-refractivity contribution in [2.75, 3.05) is 19.8 Å². The Morgan fingerprint density at radius 3 is 2.93 bits per heavy atom. The van der Waals surface area contributed by atoms with Gasteiger partial charge in [-0.05, 0) is 61.9 Å². The van der Waals surface area contributed by atoms with Crippen LogP contribution in [0.25, 0.3) is 0 Å². The summed E-state index contributed by atoms with van der Waals surface area (Å²) < 4.78 is 11.6. The maximum atomic E-state index is 12.1. The van der Waals surface area contributed by atoms with Crippen LogP contribution in [0.2, 0.25) is 0 Å². The van der Waals surface area contributed by atoms with E-state index in [-0.39, 0.29) is 5.91 Å². The molecule has 0 saturated carbocycles. The predicted octanol–water partition coefficient (Wildman–Crippen LogP) is 4.22. The van der Waals surface area contributed by atoms with E-state index in [4.69, 9.17) is 9.47 Å². The molecule has 1 amide bonds. The molecule has 1 atom stereocenters. The van der Waals surface area contributed by atoms with Crippen LogP contribution in [0.3, 0.4) is 0 Å². The lowest BCUT2D eigenvalue weighted by atomic mass is 9.97. The number of rotatable bonds is 8. The fourth-order valence-electron chi connectivity index (χ4n) is 3.30. The van der Waals surface area contributed by atoms with E-state index in [0.717, 1.165) is 36.3 Å². The van der Waals surface area contributed by atoms with Crippen LogP contribution in [-0.2, 0) is 11.2 Å². The minimum absolute atomic E-state index is 0.112. The lowest BCUT2D eigenvalue weighted by Crippen LogP contribution is -2.34. The first-order chi connectivity index (χ1) is 13.1. The first kappa shape index (κ1) is 19.3. The standard InChI is InChI=1S/C23H29NO3/c1-17-10-11-18(2)22(13-17)26-12-6-5-9-23(25)24-15-19-14-20-7-3-4-8-21(20)27-16-19/h3-4,7-8,10-11,13,19H,5-6,9,12,14-16H2,1-2H3,(H,24,25). The molecule has 1 unspecified atom stereocenters. The number of benzene rings is 2. The van der Waals surface area contributed by atoms with E-state index in [0.29, 0.717) is 32.1 Å². The first-order valence-electron chi connectivity index (χ1n) is 9.79. The monoisotopic (exact) mass is 367 g/mol. The Labute approximate surface area is 161 Å². The number of aryl methyl sites for hydroxylation is 2. The van der Waals surface area contributed by atoms with Gasteiger partial charge < -0.3 is 14.8 Å². The number of carbonyl (C=O) groups excluding carboxylic acids is 1. The predicted molar refractivity (Wildman–Crippen MR) is 107 cm³/mol. The molecule has 1 aliphatic rings. The molecular formula is C23H29NO3. The summed E-state index contributed by atoms with van der Waals surface area (Å²) in [6.07, 6.45) is 3.21. The third kappa shape index (κ3) is 5.75. The Hall–Kier alpha value is -2.49. The van der Waals surface area contributed by atoms with Crippen LogP contribution in [0.4, 0.5) is 0 Å². The van der Waals surface area contributed by atoms with Crippen molar-refractivity contribution in [3.05, 3.63) is 59.2 Å². The number of amides is 1. The molecule has 0 bridgehead atoms. The van der Waals surface area contributed by atoms with Gasteiger partial charge in [0.2, 0.25) is 5.91 Å². The summed E-state index contributed by atoms with van der Waals surface area (Å²) >= 11 is 0. The second-order valence-electron chi connectivity index (χ2n) is 7.37. The fraction of sp³-hybridized carbons (Fsp3) is 0.435. The highest BCUT2D eigenvalue weighted by molar-refractivity contribution is 5.75. The normalized spacial score (nSPS) is 15.6. The van der Waals surface area contributed by atoms with E-state index in [1.54, 1.807) is 0 Å². The zero-order valence-electron chi connectivity index (χ0n) is 16.3. The van der Waals surface area contributed by atoms with E-state index < -0.39 is 0 Å². The number of carbonyl (C=O) groups is 1. The van der Waals surface area contributed by atoms with Crippen LogP contribution in [0, 0.1) is 19.8 Å². The largest absolute Gasteiger partial charge is 0.493 e. The van der Waals surface area contributed by atoms with Crippen molar-refractivity contribution in [2.45, 2.75) is 39.5 Å². The van der Waals surface area contributed by atoms with Gasteiger partial charge >= 0.3 is 0 Å².